The molecular formula is C8H10Te. The van der Waals surface area contributed by atoms with Crippen molar-refractivity contribution in [2.24, 2.45) is 0 Å². The van der Waals surface area contributed by atoms with Crippen LogP contribution in [0.3, 0.4) is 0 Å². The van der Waals surface area contributed by atoms with Gasteiger partial charge in [0.1, 0.15) is 0 Å². The molecule has 0 atom stereocenters. The molecule has 0 saturated carbocycles. The Labute approximate surface area is 67.5 Å². The Balaban J connectivity index is 3.28. The molecule has 0 unspecified atom stereocenters. The van der Waals surface area contributed by atoms with Crippen molar-refractivity contribution < 1.29 is 0 Å². The average molecular weight is 234 g/mol. The minimum atomic E-state index is -0.264. The summed E-state index contributed by atoms with van der Waals surface area (Å²) in [6.07, 6.45) is 1.94. The summed E-state index contributed by atoms with van der Waals surface area (Å²) < 4.78 is 6.15. The van der Waals surface area contributed by atoms with E-state index in [0.29, 0.717) is 0 Å². The molecule has 0 amide bonds. The van der Waals surface area contributed by atoms with Crippen LogP contribution >= 0.6 is 0 Å². The van der Waals surface area contributed by atoms with Gasteiger partial charge in [0, 0.05) is 0 Å². The topological polar surface area (TPSA) is 0 Å². The molecule has 0 N–H and O–H groups in total. The van der Waals surface area contributed by atoms with Crippen molar-refractivity contribution in [1.82, 2.24) is 0 Å². The molecule has 0 aromatic rings. The van der Waals surface area contributed by atoms with Gasteiger partial charge < -0.3 is 0 Å². The molecule has 1 heteroatoms. The fourth-order valence-electron chi connectivity index (χ4n) is 0.242. The predicted octanol–water partition coefficient (Wildman–Crippen LogP) is 1.43. The third kappa shape index (κ3) is 7.91. The van der Waals surface area contributed by atoms with Gasteiger partial charge in [-0.2, -0.15) is 0 Å². The van der Waals surface area contributed by atoms with Crippen molar-refractivity contribution in [3.63, 3.8) is 0 Å². The summed E-state index contributed by atoms with van der Waals surface area (Å²) in [6, 6.07) is 0. The molecule has 0 aromatic carbocycles. The normalized spacial score (nSPS) is 6.44. The summed E-state index contributed by atoms with van der Waals surface area (Å²) in [7, 11) is 0. The van der Waals surface area contributed by atoms with Gasteiger partial charge in [-0.1, -0.05) is 0 Å². The van der Waals surface area contributed by atoms with Crippen LogP contribution in [0.4, 0.5) is 0 Å². The van der Waals surface area contributed by atoms with E-state index in [1.54, 1.807) is 0 Å². The van der Waals surface area contributed by atoms with Crippen LogP contribution in [0.15, 0.2) is 0 Å². The maximum atomic E-state index is 3.08. The summed E-state index contributed by atoms with van der Waals surface area (Å²) in [5, 5.41) is 0. The molecular weight excluding hydrogens is 224 g/mol. The zero-order valence-electron chi connectivity index (χ0n) is 5.82. The van der Waals surface area contributed by atoms with Crippen molar-refractivity contribution in [2.45, 2.75) is 26.7 Å². The molecule has 0 aliphatic rings. The van der Waals surface area contributed by atoms with E-state index >= 15 is 0 Å². The molecule has 0 bridgehead atoms. The number of hydrogen-bond donors (Lipinski definition) is 0. The summed E-state index contributed by atoms with van der Waals surface area (Å²) in [4.78, 5) is 0. The van der Waals surface area contributed by atoms with Crippen LogP contribution in [0.5, 0.6) is 0 Å². The molecule has 0 aliphatic carbocycles. The third-order valence-corrected chi connectivity index (χ3v) is 2.01. The van der Waals surface area contributed by atoms with Gasteiger partial charge in [-0.3, -0.25) is 0 Å². The first-order chi connectivity index (χ1) is 4.41. The molecule has 0 saturated heterocycles. The Kier molecular flexibility index (Phi) is 7.83. The quantitative estimate of drug-likeness (QED) is 0.439. The second-order valence-electron chi connectivity index (χ2n) is 1.37. The maximum absolute atomic E-state index is 3.08. The first-order valence-corrected chi connectivity index (χ1v) is 5.36. The minimum absolute atomic E-state index is 0.264. The Morgan fingerprint density at radius 3 is 1.78 bits per heavy atom. The molecule has 9 heavy (non-hydrogen) atoms. The number of rotatable bonds is 0. The zero-order chi connectivity index (χ0) is 6.95. The fourth-order valence-corrected chi connectivity index (χ4v) is 1.62. The molecule has 0 heterocycles. The summed E-state index contributed by atoms with van der Waals surface area (Å²) in [5.41, 5.74) is 0. The molecule has 0 fully saturated rings. The Bertz CT molecular complexity index is 140. The van der Waals surface area contributed by atoms with E-state index in [1.807, 2.05) is 0 Å². The van der Waals surface area contributed by atoms with E-state index < -0.39 is 0 Å². The van der Waals surface area contributed by atoms with Crippen LogP contribution in [-0.4, -0.2) is 20.9 Å². The predicted molar refractivity (Wildman–Crippen MR) is 41.9 cm³/mol. The van der Waals surface area contributed by atoms with Crippen molar-refractivity contribution in [1.29, 1.82) is 0 Å². The summed E-state index contributed by atoms with van der Waals surface area (Å²) in [5.74, 6) is 6.02. The Morgan fingerprint density at radius 1 is 1.00 bits per heavy atom. The first kappa shape index (κ1) is 8.91. The molecule has 48 valence electrons. The average Bonchev–Trinajstić information content (AvgIpc) is 1.89. The van der Waals surface area contributed by atoms with Crippen LogP contribution in [0.25, 0.3) is 0 Å². The summed E-state index contributed by atoms with van der Waals surface area (Å²) >= 11 is -0.264. The molecule has 0 aromatic heterocycles. The molecule has 0 rings (SSSR count). The van der Waals surface area contributed by atoms with Crippen molar-refractivity contribution in [2.75, 3.05) is 0 Å². The van der Waals surface area contributed by atoms with E-state index in [2.05, 4.69) is 33.6 Å². The third-order valence-electron chi connectivity index (χ3n) is 0.600. The zero-order valence-corrected chi connectivity index (χ0v) is 8.15. The Hall–Kier alpha value is -0.0904. The van der Waals surface area contributed by atoms with Gasteiger partial charge in [-0.25, -0.2) is 0 Å². The molecule has 0 aliphatic heterocycles. The van der Waals surface area contributed by atoms with E-state index in [-0.39, 0.29) is 20.9 Å². The van der Waals surface area contributed by atoms with Gasteiger partial charge in [0.25, 0.3) is 0 Å². The van der Waals surface area contributed by atoms with Crippen molar-refractivity contribution >= 4 is 20.9 Å². The van der Waals surface area contributed by atoms with Gasteiger partial charge in [-0.05, 0) is 0 Å². The van der Waals surface area contributed by atoms with Crippen LogP contribution in [0.2, 0.25) is 0 Å². The molecule has 0 nitrogen and oxygen atoms in total. The van der Waals surface area contributed by atoms with Crippen LogP contribution in [0.1, 0.15) is 26.7 Å². The Morgan fingerprint density at radius 2 is 1.44 bits per heavy atom. The first-order valence-electron chi connectivity index (χ1n) is 3.03. The van der Waals surface area contributed by atoms with Crippen LogP contribution in [-0.2, 0) is 0 Å². The second kappa shape index (κ2) is 7.91. The number of hydrogen-bond acceptors (Lipinski definition) is 0. The van der Waals surface area contributed by atoms with E-state index in [9.17, 15) is 0 Å². The van der Waals surface area contributed by atoms with E-state index in [4.69, 9.17) is 0 Å². The monoisotopic (exact) mass is 236 g/mol. The van der Waals surface area contributed by atoms with E-state index in [1.165, 1.54) is 0 Å². The summed E-state index contributed by atoms with van der Waals surface area (Å²) in [6.45, 7) is 4.13. The standard InChI is InChI=1S/C8H10Te/c1-3-5-7-9-8-6-4-2/h3-4H2,1-2H3. The van der Waals surface area contributed by atoms with Gasteiger partial charge in [0.15, 0.2) is 0 Å². The van der Waals surface area contributed by atoms with E-state index in [0.717, 1.165) is 12.8 Å². The van der Waals surface area contributed by atoms with Crippen LogP contribution < -0.4 is 0 Å². The van der Waals surface area contributed by atoms with Crippen LogP contribution in [0, 0.1) is 19.8 Å². The van der Waals surface area contributed by atoms with Crippen molar-refractivity contribution in [3.8, 4) is 19.8 Å². The van der Waals surface area contributed by atoms with Gasteiger partial charge in [0.05, 0.1) is 0 Å². The molecule has 0 radical (unpaired) electrons. The van der Waals surface area contributed by atoms with Gasteiger partial charge >= 0.3 is 67.4 Å². The fraction of sp³-hybridized carbons (Fsp3) is 0.500. The SMILES string of the molecule is CCC#C[Te]C#CCC. The second-order valence-corrected chi connectivity index (χ2v) is 3.11. The van der Waals surface area contributed by atoms with Crippen molar-refractivity contribution in [3.05, 3.63) is 0 Å². The van der Waals surface area contributed by atoms with Gasteiger partial charge in [-0.15, -0.1) is 0 Å². The molecule has 0 spiro atoms. The van der Waals surface area contributed by atoms with Gasteiger partial charge in [0.2, 0.25) is 0 Å².